The van der Waals surface area contributed by atoms with E-state index >= 15 is 0 Å². The average molecular weight is 211 g/mol. The predicted molar refractivity (Wildman–Crippen MR) is 54.0 cm³/mol. The normalized spacial score (nSPS) is 31.1. The van der Waals surface area contributed by atoms with E-state index in [1.54, 1.807) is 17.9 Å². The van der Waals surface area contributed by atoms with Crippen LogP contribution in [0.2, 0.25) is 0 Å². The zero-order valence-corrected chi connectivity index (χ0v) is 8.87. The molecule has 0 saturated carbocycles. The first kappa shape index (κ1) is 10.2. The molecule has 2 atom stereocenters. The van der Waals surface area contributed by atoms with Crippen molar-refractivity contribution in [2.75, 3.05) is 6.54 Å². The minimum absolute atomic E-state index is 0.0963. The maximum absolute atomic E-state index is 13.4. The summed E-state index contributed by atoms with van der Waals surface area (Å²) in [5.41, 5.74) is 0.645. The predicted octanol–water partition coefficient (Wildman–Crippen LogP) is 2.40. The minimum atomic E-state index is -0.343. The van der Waals surface area contributed by atoms with Crippen LogP contribution in [0.3, 0.4) is 0 Å². The van der Waals surface area contributed by atoms with Gasteiger partial charge >= 0.3 is 6.09 Å². The third-order valence-corrected chi connectivity index (χ3v) is 2.78. The second-order valence-electron chi connectivity index (χ2n) is 4.07. The highest BCUT2D eigenvalue weighted by Gasteiger charge is 2.34. The monoisotopic (exact) mass is 211 g/mol. The number of nitrogens with zero attached hydrogens (tertiary/aromatic N) is 1. The van der Waals surface area contributed by atoms with Crippen LogP contribution >= 0.6 is 0 Å². The molecule has 4 heteroatoms. The minimum Gasteiger partial charge on any atom is -0.444 e. The lowest BCUT2D eigenvalue weighted by Crippen LogP contribution is -2.36. The van der Waals surface area contributed by atoms with Gasteiger partial charge in [0.1, 0.15) is 11.9 Å². The molecule has 1 aliphatic carbocycles. The highest BCUT2D eigenvalue weighted by Crippen LogP contribution is 2.26. The Morgan fingerprint density at radius 1 is 1.60 bits per heavy atom. The molecule has 0 aromatic carbocycles. The molecule has 0 spiro atoms. The van der Waals surface area contributed by atoms with Gasteiger partial charge in [-0.05, 0) is 19.4 Å². The third-order valence-electron chi connectivity index (χ3n) is 2.78. The molecule has 2 aliphatic rings. The Labute approximate surface area is 88.2 Å². The summed E-state index contributed by atoms with van der Waals surface area (Å²) in [6, 6.07) is -0.189. The van der Waals surface area contributed by atoms with Gasteiger partial charge in [0.05, 0.1) is 12.6 Å². The molecule has 0 bridgehead atoms. The average Bonchev–Trinajstić information content (AvgIpc) is 2.50. The van der Waals surface area contributed by atoms with Crippen LogP contribution in [0.15, 0.2) is 23.6 Å². The Balaban J connectivity index is 2.09. The number of cyclic esters (lactones) is 1. The Kier molecular flexibility index (Phi) is 2.50. The zero-order chi connectivity index (χ0) is 11.0. The van der Waals surface area contributed by atoms with E-state index in [0.717, 1.165) is 0 Å². The topological polar surface area (TPSA) is 29.5 Å². The maximum atomic E-state index is 13.4. The molecule has 0 aromatic rings. The molecule has 1 saturated heterocycles. The quantitative estimate of drug-likeness (QED) is 0.666. The van der Waals surface area contributed by atoms with Crippen LogP contribution < -0.4 is 0 Å². The Hall–Kier alpha value is -1.32. The summed E-state index contributed by atoms with van der Waals surface area (Å²) in [5, 5.41) is 0. The van der Waals surface area contributed by atoms with Crippen molar-refractivity contribution in [1.82, 2.24) is 4.90 Å². The molecular weight excluding hydrogens is 197 g/mol. The van der Waals surface area contributed by atoms with Crippen molar-refractivity contribution in [1.29, 1.82) is 0 Å². The molecule has 2 unspecified atom stereocenters. The van der Waals surface area contributed by atoms with Crippen molar-refractivity contribution in [3.05, 3.63) is 23.6 Å². The van der Waals surface area contributed by atoms with Crippen molar-refractivity contribution in [3.8, 4) is 0 Å². The first-order valence-electron chi connectivity index (χ1n) is 5.08. The number of allylic oxidation sites excluding steroid dienone is 2. The highest BCUT2D eigenvalue weighted by atomic mass is 19.1. The fourth-order valence-corrected chi connectivity index (χ4v) is 1.87. The summed E-state index contributed by atoms with van der Waals surface area (Å²) in [5.74, 6) is -0.144. The number of hydrogen-bond acceptors (Lipinski definition) is 2. The van der Waals surface area contributed by atoms with Gasteiger partial charge in [-0.25, -0.2) is 9.18 Å². The van der Waals surface area contributed by atoms with Gasteiger partial charge in [0, 0.05) is 6.42 Å². The van der Waals surface area contributed by atoms with Crippen LogP contribution in [-0.4, -0.2) is 29.7 Å². The number of hydrogen-bond donors (Lipinski definition) is 0. The molecule has 1 heterocycles. The largest absolute Gasteiger partial charge is 0.444 e. The third kappa shape index (κ3) is 1.89. The molecule has 15 heavy (non-hydrogen) atoms. The summed E-state index contributed by atoms with van der Waals surface area (Å²) in [4.78, 5) is 13.0. The van der Waals surface area contributed by atoms with Gasteiger partial charge in [-0.3, -0.25) is 4.90 Å². The first-order chi connectivity index (χ1) is 7.08. The van der Waals surface area contributed by atoms with Crippen LogP contribution in [0.1, 0.15) is 20.3 Å². The van der Waals surface area contributed by atoms with Crippen molar-refractivity contribution in [3.63, 3.8) is 0 Å². The molecule has 0 N–H and O–H groups in total. The van der Waals surface area contributed by atoms with E-state index in [-0.39, 0.29) is 30.5 Å². The molecule has 0 aromatic heterocycles. The molecule has 3 nitrogen and oxygen atoms in total. The lowest BCUT2D eigenvalue weighted by molar-refractivity contribution is 0.135. The number of carbonyl (C=O) groups is 1. The van der Waals surface area contributed by atoms with Crippen molar-refractivity contribution < 1.29 is 13.9 Å². The number of halogens is 1. The number of amides is 1. The van der Waals surface area contributed by atoms with E-state index in [1.165, 1.54) is 0 Å². The lowest BCUT2D eigenvalue weighted by Gasteiger charge is -2.24. The van der Waals surface area contributed by atoms with E-state index < -0.39 is 0 Å². The van der Waals surface area contributed by atoms with Gasteiger partial charge in [-0.2, -0.15) is 0 Å². The van der Waals surface area contributed by atoms with Gasteiger partial charge in [0.2, 0.25) is 0 Å². The van der Waals surface area contributed by atoms with Crippen LogP contribution in [0, 0.1) is 0 Å². The zero-order valence-electron chi connectivity index (χ0n) is 8.87. The van der Waals surface area contributed by atoms with Gasteiger partial charge < -0.3 is 4.74 Å². The molecule has 1 aliphatic heterocycles. The highest BCUT2D eigenvalue weighted by molar-refractivity contribution is 5.70. The van der Waals surface area contributed by atoms with Crippen LogP contribution in [0.5, 0.6) is 0 Å². The Bertz CT molecular complexity index is 348. The number of ether oxygens (including phenoxy) is 1. The molecular formula is C11H14FNO2. The number of rotatable bonds is 1. The van der Waals surface area contributed by atoms with Gasteiger partial charge in [0.25, 0.3) is 0 Å². The molecule has 1 fully saturated rings. The maximum Gasteiger partial charge on any atom is 0.410 e. The second-order valence-corrected chi connectivity index (χ2v) is 4.07. The van der Waals surface area contributed by atoms with Gasteiger partial charge in [0.15, 0.2) is 0 Å². The Morgan fingerprint density at radius 2 is 2.33 bits per heavy atom. The Morgan fingerprint density at radius 3 is 2.87 bits per heavy atom. The molecule has 2 rings (SSSR count). The van der Waals surface area contributed by atoms with Crippen LogP contribution in [-0.2, 0) is 4.74 Å². The summed E-state index contributed by atoms with van der Waals surface area (Å²) in [7, 11) is 0. The first-order valence-corrected chi connectivity index (χ1v) is 5.08. The van der Waals surface area contributed by atoms with Crippen molar-refractivity contribution in [2.45, 2.75) is 32.4 Å². The standard InChI is InChI=1S/C11H14FNO2/c1-7-3-4-9(5-10(7)12)13-6-8(2)15-11(13)14/h3-4,8-9H,5-6H2,1-2H3. The molecule has 82 valence electrons. The fourth-order valence-electron chi connectivity index (χ4n) is 1.87. The van der Waals surface area contributed by atoms with E-state index in [2.05, 4.69) is 0 Å². The summed E-state index contributed by atoms with van der Waals surface area (Å²) < 4.78 is 18.4. The van der Waals surface area contributed by atoms with Crippen molar-refractivity contribution >= 4 is 6.09 Å². The summed E-state index contributed by atoms with van der Waals surface area (Å²) >= 11 is 0. The van der Waals surface area contributed by atoms with Crippen LogP contribution in [0.4, 0.5) is 9.18 Å². The van der Waals surface area contributed by atoms with Crippen molar-refractivity contribution in [2.24, 2.45) is 0 Å². The summed E-state index contributed by atoms with van der Waals surface area (Å²) in [6.07, 6.45) is 3.41. The fraction of sp³-hybridized carbons (Fsp3) is 0.545. The SMILES string of the molecule is CC1=C(F)CC(N2CC(C)OC2=O)C=C1. The second kappa shape index (κ2) is 3.68. The van der Waals surface area contributed by atoms with E-state index in [1.807, 2.05) is 13.0 Å². The molecule has 1 amide bonds. The van der Waals surface area contributed by atoms with E-state index in [9.17, 15) is 9.18 Å². The number of carbonyl (C=O) groups excluding carboxylic acids is 1. The summed E-state index contributed by atoms with van der Waals surface area (Å²) in [6.45, 7) is 4.11. The van der Waals surface area contributed by atoms with Gasteiger partial charge in [-0.15, -0.1) is 0 Å². The van der Waals surface area contributed by atoms with E-state index in [0.29, 0.717) is 12.1 Å². The molecule has 0 radical (unpaired) electrons. The smallest absolute Gasteiger partial charge is 0.410 e. The van der Waals surface area contributed by atoms with E-state index in [4.69, 9.17) is 4.74 Å². The lowest BCUT2D eigenvalue weighted by atomic mass is 10.0. The van der Waals surface area contributed by atoms with Crippen LogP contribution in [0.25, 0.3) is 0 Å². The van der Waals surface area contributed by atoms with Gasteiger partial charge in [-0.1, -0.05) is 12.2 Å².